The number of carbonyl (C=O) groups is 2. The maximum absolute atomic E-state index is 10.3. The van der Waals surface area contributed by atoms with Gasteiger partial charge in [0.05, 0.1) is 12.8 Å². The molecule has 0 bridgehead atoms. The highest BCUT2D eigenvalue weighted by atomic mass is 16.4. The van der Waals surface area contributed by atoms with Crippen molar-refractivity contribution in [2.24, 2.45) is 0 Å². The summed E-state index contributed by atoms with van der Waals surface area (Å²) in [6, 6.07) is 0. The van der Waals surface area contributed by atoms with E-state index in [1.54, 1.807) is 0 Å². The lowest BCUT2D eigenvalue weighted by Crippen LogP contribution is -2.06. The van der Waals surface area contributed by atoms with Gasteiger partial charge in [-0.05, 0) is 25.7 Å². The van der Waals surface area contributed by atoms with E-state index in [0.29, 0.717) is 12.8 Å². The number of carboxylic acids is 2. The lowest BCUT2D eigenvalue weighted by atomic mass is 10.0. The van der Waals surface area contributed by atoms with Crippen molar-refractivity contribution >= 4 is 23.4 Å². The Balaban J connectivity index is 3.41. The van der Waals surface area contributed by atoms with E-state index >= 15 is 0 Å². The molecule has 0 atom stereocenters. The highest BCUT2D eigenvalue weighted by Gasteiger charge is 2.05. The molecule has 0 aliphatic rings. The minimum atomic E-state index is -0.970. The van der Waals surface area contributed by atoms with Crippen LogP contribution < -0.4 is 0 Å². The van der Waals surface area contributed by atoms with Crippen LogP contribution >= 0.6 is 0 Å². The molecule has 0 rings (SSSR count). The Kier molecular flexibility index (Phi) is 8.43. The van der Waals surface area contributed by atoms with Crippen LogP contribution in [0.25, 0.3) is 0 Å². The molecular formula is C12H20N2O4. The summed E-state index contributed by atoms with van der Waals surface area (Å²) in [7, 11) is 0. The first kappa shape index (κ1) is 16.3. The molecule has 0 spiro atoms. The largest absolute Gasteiger partial charge is 0.481 e. The molecule has 0 aromatic rings. The minimum absolute atomic E-state index is 0.191. The SMILES string of the molecule is N=C(CCCCCCC(=N)CC(=O)O)CC(=O)O. The second-order valence-electron chi connectivity index (χ2n) is 4.26. The maximum atomic E-state index is 10.3. The third kappa shape index (κ3) is 10.8. The second-order valence-corrected chi connectivity index (χ2v) is 4.26. The van der Waals surface area contributed by atoms with Gasteiger partial charge in [-0.3, -0.25) is 9.59 Å². The Labute approximate surface area is 106 Å². The first-order valence-corrected chi connectivity index (χ1v) is 5.98. The Hall–Kier alpha value is -1.72. The molecule has 0 amide bonds. The Bertz CT molecular complexity index is 294. The summed E-state index contributed by atoms with van der Waals surface area (Å²) >= 11 is 0. The number of hydrogen-bond donors (Lipinski definition) is 4. The van der Waals surface area contributed by atoms with Crippen LogP contribution in [0.3, 0.4) is 0 Å². The lowest BCUT2D eigenvalue weighted by Gasteiger charge is -2.03. The van der Waals surface area contributed by atoms with E-state index in [-0.39, 0.29) is 24.3 Å². The fourth-order valence-corrected chi connectivity index (χ4v) is 1.57. The van der Waals surface area contributed by atoms with Gasteiger partial charge in [0.25, 0.3) is 0 Å². The second kappa shape index (κ2) is 9.32. The molecule has 0 aliphatic carbocycles. The molecule has 102 valence electrons. The van der Waals surface area contributed by atoms with Crippen molar-refractivity contribution in [3.8, 4) is 0 Å². The van der Waals surface area contributed by atoms with E-state index in [9.17, 15) is 9.59 Å². The summed E-state index contributed by atoms with van der Waals surface area (Å²) in [5, 5.41) is 31.6. The first-order chi connectivity index (χ1) is 8.41. The number of rotatable bonds is 11. The highest BCUT2D eigenvalue weighted by Crippen LogP contribution is 2.08. The quantitative estimate of drug-likeness (QED) is 0.334. The molecule has 6 heteroatoms. The molecule has 0 aromatic carbocycles. The van der Waals surface area contributed by atoms with Crippen molar-refractivity contribution in [2.75, 3.05) is 0 Å². The van der Waals surface area contributed by atoms with Crippen molar-refractivity contribution in [3.05, 3.63) is 0 Å². The molecule has 4 N–H and O–H groups in total. The topological polar surface area (TPSA) is 122 Å². The predicted molar refractivity (Wildman–Crippen MR) is 67.7 cm³/mol. The van der Waals surface area contributed by atoms with E-state index in [2.05, 4.69) is 0 Å². The predicted octanol–water partition coefficient (Wildman–Crippen LogP) is 2.32. The van der Waals surface area contributed by atoms with Crippen molar-refractivity contribution in [2.45, 2.75) is 51.4 Å². The van der Waals surface area contributed by atoms with Crippen LogP contribution in [-0.4, -0.2) is 33.6 Å². The number of unbranched alkanes of at least 4 members (excludes halogenated alkanes) is 3. The zero-order valence-corrected chi connectivity index (χ0v) is 10.4. The number of hydrogen-bond acceptors (Lipinski definition) is 4. The number of nitrogens with one attached hydrogen (secondary N) is 2. The van der Waals surface area contributed by atoms with E-state index in [1.165, 1.54) is 0 Å². The molecule has 6 nitrogen and oxygen atoms in total. The van der Waals surface area contributed by atoms with Crippen LogP contribution in [0.4, 0.5) is 0 Å². The van der Waals surface area contributed by atoms with Crippen molar-refractivity contribution in [1.82, 2.24) is 0 Å². The molecule has 0 aromatic heterocycles. The smallest absolute Gasteiger partial charge is 0.309 e. The van der Waals surface area contributed by atoms with Gasteiger partial charge >= 0.3 is 11.9 Å². The summed E-state index contributed by atoms with van der Waals surface area (Å²) in [5.41, 5.74) is 0.474. The first-order valence-electron chi connectivity index (χ1n) is 5.98. The molecule has 0 saturated heterocycles. The normalized spacial score (nSPS) is 10.0. The zero-order valence-electron chi connectivity index (χ0n) is 10.4. The molecule has 0 unspecified atom stereocenters. The third-order valence-corrected chi connectivity index (χ3v) is 2.44. The van der Waals surface area contributed by atoms with Gasteiger partial charge < -0.3 is 21.0 Å². The van der Waals surface area contributed by atoms with E-state index in [1.807, 2.05) is 0 Å². The zero-order chi connectivity index (χ0) is 14.0. The summed E-state index contributed by atoms with van der Waals surface area (Å²) in [6.07, 6.45) is 3.92. The summed E-state index contributed by atoms with van der Waals surface area (Å²) in [5.74, 6) is -1.94. The van der Waals surface area contributed by atoms with Crippen LogP contribution in [-0.2, 0) is 9.59 Å². The molecule has 0 aliphatic heterocycles. The number of carboxylic acid groups (broad SMARTS) is 2. The monoisotopic (exact) mass is 256 g/mol. The van der Waals surface area contributed by atoms with Crippen LogP contribution in [0.2, 0.25) is 0 Å². The van der Waals surface area contributed by atoms with Gasteiger partial charge in [0, 0.05) is 11.4 Å². The molecule has 0 radical (unpaired) electrons. The van der Waals surface area contributed by atoms with E-state index in [0.717, 1.165) is 25.7 Å². The van der Waals surface area contributed by atoms with Gasteiger partial charge in [-0.1, -0.05) is 12.8 Å². The maximum Gasteiger partial charge on any atom is 0.309 e. The minimum Gasteiger partial charge on any atom is -0.481 e. The van der Waals surface area contributed by atoms with E-state index in [4.69, 9.17) is 21.0 Å². The molecule has 0 heterocycles. The van der Waals surface area contributed by atoms with Crippen molar-refractivity contribution in [3.63, 3.8) is 0 Å². The molecule has 18 heavy (non-hydrogen) atoms. The van der Waals surface area contributed by atoms with Crippen LogP contribution in [0, 0.1) is 10.8 Å². The summed E-state index contributed by atoms with van der Waals surface area (Å²) in [4.78, 5) is 20.6. The molecule has 0 fully saturated rings. The lowest BCUT2D eigenvalue weighted by molar-refractivity contribution is -0.136. The standard InChI is InChI=1S/C12H20N2O4/c13-9(7-11(15)16)5-3-1-2-4-6-10(14)8-12(17)18/h13-14H,1-8H2,(H,15,16)(H,17,18). The van der Waals surface area contributed by atoms with Crippen LogP contribution in [0.1, 0.15) is 51.4 Å². The average Bonchev–Trinajstić information content (AvgIpc) is 2.20. The average molecular weight is 256 g/mol. The fourth-order valence-electron chi connectivity index (χ4n) is 1.57. The molecule has 0 saturated carbocycles. The summed E-state index contributed by atoms with van der Waals surface area (Å²) < 4.78 is 0. The number of aliphatic carboxylic acids is 2. The third-order valence-electron chi connectivity index (χ3n) is 2.44. The van der Waals surface area contributed by atoms with E-state index < -0.39 is 11.9 Å². The van der Waals surface area contributed by atoms with Gasteiger partial charge in [-0.25, -0.2) is 0 Å². The van der Waals surface area contributed by atoms with Crippen LogP contribution in [0.5, 0.6) is 0 Å². The van der Waals surface area contributed by atoms with Gasteiger partial charge in [0.2, 0.25) is 0 Å². The summed E-state index contributed by atoms with van der Waals surface area (Å²) in [6.45, 7) is 0. The van der Waals surface area contributed by atoms with Gasteiger partial charge in [0.15, 0.2) is 0 Å². The Morgan fingerprint density at radius 3 is 1.33 bits per heavy atom. The Morgan fingerprint density at radius 1 is 0.722 bits per heavy atom. The highest BCUT2D eigenvalue weighted by molar-refractivity contribution is 5.96. The fraction of sp³-hybridized carbons (Fsp3) is 0.667. The van der Waals surface area contributed by atoms with Crippen molar-refractivity contribution in [1.29, 1.82) is 10.8 Å². The molecular weight excluding hydrogens is 236 g/mol. The van der Waals surface area contributed by atoms with Gasteiger partial charge in [-0.15, -0.1) is 0 Å². The van der Waals surface area contributed by atoms with Crippen LogP contribution in [0.15, 0.2) is 0 Å². The van der Waals surface area contributed by atoms with Gasteiger partial charge in [0.1, 0.15) is 0 Å². The van der Waals surface area contributed by atoms with Gasteiger partial charge in [-0.2, -0.15) is 0 Å². The van der Waals surface area contributed by atoms with Crippen molar-refractivity contribution < 1.29 is 19.8 Å². The Morgan fingerprint density at radius 2 is 1.06 bits per heavy atom.